The summed E-state index contributed by atoms with van der Waals surface area (Å²) < 4.78 is 32.9. The van der Waals surface area contributed by atoms with Crippen LogP contribution in [0.1, 0.15) is 16.1 Å². The molecule has 5 nitrogen and oxygen atoms in total. The number of sulfonamides is 1. The zero-order chi connectivity index (χ0) is 19.0. The van der Waals surface area contributed by atoms with Gasteiger partial charge in [-0.1, -0.05) is 18.2 Å². The summed E-state index contributed by atoms with van der Waals surface area (Å²) in [4.78, 5) is 6.14. The van der Waals surface area contributed by atoms with Gasteiger partial charge in [0.05, 0.1) is 24.2 Å². The van der Waals surface area contributed by atoms with Crippen molar-refractivity contribution in [2.45, 2.75) is 24.8 Å². The summed E-state index contributed by atoms with van der Waals surface area (Å²) in [5.74, 6) is 0.801. The Bertz CT molecular complexity index is 1070. The number of ether oxygens (including phenoxy) is 1. The zero-order valence-corrected chi connectivity index (χ0v) is 16.8. The van der Waals surface area contributed by atoms with Gasteiger partial charge in [-0.3, -0.25) is 0 Å². The van der Waals surface area contributed by atoms with Crippen LogP contribution in [-0.2, 0) is 23.0 Å². The van der Waals surface area contributed by atoms with E-state index in [1.807, 2.05) is 43.3 Å². The molecular weight excluding hydrogens is 380 g/mol. The fraction of sp³-hybridized carbons (Fsp3) is 0.250. The first kappa shape index (κ1) is 18.2. The van der Waals surface area contributed by atoms with Crippen LogP contribution in [0.15, 0.2) is 53.4 Å². The number of hydrogen-bond acceptors (Lipinski definition) is 5. The van der Waals surface area contributed by atoms with Crippen molar-refractivity contribution >= 4 is 21.4 Å². The molecule has 2 heterocycles. The number of thiazole rings is 1. The molecular formula is C20H20N2O3S2. The third-order valence-electron chi connectivity index (χ3n) is 4.74. The molecule has 0 atom stereocenters. The van der Waals surface area contributed by atoms with Crippen molar-refractivity contribution in [3.05, 3.63) is 64.7 Å². The van der Waals surface area contributed by atoms with Gasteiger partial charge in [-0.25, -0.2) is 13.4 Å². The number of hydrogen-bond donors (Lipinski definition) is 0. The van der Waals surface area contributed by atoms with Crippen LogP contribution in [0.4, 0.5) is 0 Å². The van der Waals surface area contributed by atoms with E-state index in [2.05, 4.69) is 0 Å². The van der Waals surface area contributed by atoms with E-state index in [0.29, 0.717) is 24.4 Å². The Kier molecular flexibility index (Phi) is 4.75. The second-order valence-electron chi connectivity index (χ2n) is 6.47. The van der Waals surface area contributed by atoms with Crippen LogP contribution in [0.25, 0.3) is 10.6 Å². The molecule has 7 heteroatoms. The number of fused-ring (bicyclic) bond motifs is 1. The quantitative estimate of drug-likeness (QED) is 0.667. The van der Waals surface area contributed by atoms with Gasteiger partial charge in [0.15, 0.2) is 0 Å². The third kappa shape index (κ3) is 3.38. The number of aromatic nitrogens is 1. The van der Waals surface area contributed by atoms with Crippen LogP contribution < -0.4 is 4.74 Å². The predicted molar refractivity (Wildman–Crippen MR) is 107 cm³/mol. The van der Waals surface area contributed by atoms with Crippen LogP contribution in [0, 0.1) is 6.92 Å². The van der Waals surface area contributed by atoms with E-state index in [1.165, 1.54) is 0 Å². The van der Waals surface area contributed by atoms with Gasteiger partial charge in [0.25, 0.3) is 0 Å². The SMILES string of the molecule is COc1ccc(-c2nc3c(s2)CN(S(=O)(=O)c2ccccc2C)CC3)cc1. The normalized spacial score (nSPS) is 14.7. The lowest BCUT2D eigenvalue weighted by atomic mass is 10.2. The maximum atomic E-state index is 13.1. The van der Waals surface area contributed by atoms with Gasteiger partial charge >= 0.3 is 0 Å². The second kappa shape index (κ2) is 7.07. The molecule has 0 radical (unpaired) electrons. The van der Waals surface area contributed by atoms with Crippen LogP contribution in [0.5, 0.6) is 5.75 Å². The Morgan fingerprint density at radius 3 is 2.56 bits per heavy atom. The van der Waals surface area contributed by atoms with Crippen molar-refractivity contribution in [3.63, 3.8) is 0 Å². The van der Waals surface area contributed by atoms with Gasteiger partial charge in [0.1, 0.15) is 10.8 Å². The maximum absolute atomic E-state index is 13.1. The lowest BCUT2D eigenvalue weighted by Crippen LogP contribution is -2.35. The smallest absolute Gasteiger partial charge is 0.243 e. The lowest BCUT2D eigenvalue weighted by Gasteiger charge is -2.26. The summed E-state index contributed by atoms with van der Waals surface area (Å²) in [6.07, 6.45) is 0.632. The Morgan fingerprint density at radius 1 is 1.11 bits per heavy atom. The standard InChI is InChI=1S/C20H20N2O3S2/c1-14-5-3-4-6-19(14)27(23,24)22-12-11-17-18(13-22)26-20(21-17)15-7-9-16(25-2)10-8-15/h3-10H,11-13H2,1-2H3. The maximum Gasteiger partial charge on any atom is 0.243 e. The van der Waals surface area contributed by atoms with Gasteiger partial charge < -0.3 is 4.74 Å². The van der Waals surface area contributed by atoms with Crippen LogP contribution in [0.3, 0.4) is 0 Å². The molecule has 2 aromatic carbocycles. The van der Waals surface area contributed by atoms with Crippen molar-refractivity contribution in [3.8, 4) is 16.3 Å². The average molecular weight is 401 g/mol. The van der Waals surface area contributed by atoms with Crippen LogP contribution in [-0.4, -0.2) is 31.4 Å². The van der Waals surface area contributed by atoms with Gasteiger partial charge in [0.2, 0.25) is 10.0 Å². The highest BCUT2D eigenvalue weighted by molar-refractivity contribution is 7.89. The van der Waals surface area contributed by atoms with Gasteiger partial charge in [-0.15, -0.1) is 11.3 Å². The van der Waals surface area contributed by atoms with E-state index in [-0.39, 0.29) is 0 Å². The van der Waals surface area contributed by atoms with E-state index in [4.69, 9.17) is 9.72 Å². The van der Waals surface area contributed by atoms with E-state index in [9.17, 15) is 8.42 Å². The van der Waals surface area contributed by atoms with E-state index >= 15 is 0 Å². The summed E-state index contributed by atoms with van der Waals surface area (Å²) in [7, 11) is -1.86. The summed E-state index contributed by atoms with van der Waals surface area (Å²) >= 11 is 1.56. The van der Waals surface area contributed by atoms with Crippen molar-refractivity contribution in [2.75, 3.05) is 13.7 Å². The molecule has 140 valence electrons. The van der Waals surface area contributed by atoms with E-state index in [0.717, 1.165) is 32.5 Å². The molecule has 1 aliphatic rings. The average Bonchev–Trinajstić information content (AvgIpc) is 3.11. The molecule has 0 saturated heterocycles. The fourth-order valence-corrected chi connectivity index (χ4v) is 6.06. The third-order valence-corrected chi connectivity index (χ3v) is 7.88. The summed E-state index contributed by atoms with van der Waals surface area (Å²) in [5.41, 5.74) is 2.79. The van der Waals surface area contributed by atoms with Gasteiger partial charge in [-0.05, 0) is 42.8 Å². The Labute approximate surface area is 163 Å². The first-order valence-corrected chi connectivity index (χ1v) is 10.9. The molecule has 4 rings (SSSR count). The van der Waals surface area contributed by atoms with Crippen molar-refractivity contribution in [1.29, 1.82) is 0 Å². The fourth-order valence-electron chi connectivity index (χ4n) is 3.22. The lowest BCUT2D eigenvalue weighted by molar-refractivity contribution is 0.392. The first-order valence-electron chi connectivity index (χ1n) is 8.68. The Balaban J connectivity index is 1.62. The molecule has 0 amide bonds. The van der Waals surface area contributed by atoms with E-state index in [1.54, 1.807) is 34.9 Å². The zero-order valence-electron chi connectivity index (χ0n) is 15.2. The van der Waals surface area contributed by atoms with Gasteiger partial charge in [0, 0.05) is 23.4 Å². The molecule has 0 unspecified atom stereocenters. The minimum Gasteiger partial charge on any atom is -0.497 e. The molecule has 27 heavy (non-hydrogen) atoms. The number of benzene rings is 2. The predicted octanol–water partition coefficient (Wildman–Crippen LogP) is 3.87. The highest BCUT2D eigenvalue weighted by Gasteiger charge is 2.31. The molecule has 0 N–H and O–H groups in total. The van der Waals surface area contributed by atoms with Crippen molar-refractivity contribution in [2.24, 2.45) is 0 Å². The topological polar surface area (TPSA) is 59.5 Å². The number of aryl methyl sites for hydroxylation is 1. The molecule has 3 aromatic rings. The molecule has 0 fully saturated rings. The van der Waals surface area contributed by atoms with Crippen LogP contribution >= 0.6 is 11.3 Å². The Hall–Kier alpha value is -2.22. The molecule has 0 saturated carbocycles. The van der Waals surface area contributed by atoms with Crippen molar-refractivity contribution in [1.82, 2.24) is 9.29 Å². The minimum absolute atomic E-state index is 0.375. The Morgan fingerprint density at radius 2 is 1.85 bits per heavy atom. The highest BCUT2D eigenvalue weighted by atomic mass is 32.2. The monoisotopic (exact) mass is 400 g/mol. The largest absolute Gasteiger partial charge is 0.497 e. The van der Waals surface area contributed by atoms with E-state index < -0.39 is 10.0 Å². The summed E-state index contributed by atoms with van der Waals surface area (Å²) in [6, 6.07) is 14.9. The highest BCUT2D eigenvalue weighted by Crippen LogP contribution is 2.34. The minimum atomic E-state index is -3.50. The summed E-state index contributed by atoms with van der Waals surface area (Å²) in [5, 5.41) is 0.915. The molecule has 0 aliphatic carbocycles. The van der Waals surface area contributed by atoms with Gasteiger partial charge in [-0.2, -0.15) is 4.31 Å². The molecule has 0 bridgehead atoms. The second-order valence-corrected chi connectivity index (χ2v) is 9.46. The number of methoxy groups -OCH3 is 1. The van der Waals surface area contributed by atoms with Crippen molar-refractivity contribution < 1.29 is 13.2 Å². The molecule has 1 aromatic heterocycles. The molecule has 0 spiro atoms. The molecule has 1 aliphatic heterocycles. The number of nitrogens with zero attached hydrogens (tertiary/aromatic N) is 2. The first-order chi connectivity index (χ1) is 13.0. The number of rotatable bonds is 4. The summed E-state index contributed by atoms with van der Waals surface area (Å²) in [6.45, 7) is 2.66. The van der Waals surface area contributed by atoms with Crippen LogP contribution in [0.2, 0.25) is 0 Å².